The molecule has 3 atom stereocenters. The average molecular weight is 526 g/mol. The molecule has 0 aliphatic heterocycles. The molecule has 0 spiro atoms. The predicted octanol–water partition coefficient (Wildman–Crippen LogP) is 2.08. The Bertz CT molecular complexity index is 875. The summed E-state index contributed by atoms with van der Waals surface area (Å²) in [5, 5.41) is 24.0. The third-order valence-corrected chi connectivity index (χ3v) is 4.87. The van der Waals surface area contributed by atoms with Gasteiger partial charge < -0.3 is 25.6 Å². The zero-order chi connectivity index (χ0) is 22.1. The molecule has 0 bridgehead atoms. The van der Waals surface area contributed by atoms with Crippen molar-refractivity contribution >= 4 is 40.6 Å². The van der Waals surface area contributed by atoms with Crippen LogP contribution in [0.25, 0.3) is 0 Å². The van der Waals surface area contributed by atoms with Gasteiger partial charge in [0.15, 0.2) is 0 Å². The summed E-state index contributed by atoms with van der Waals surface area (Å²) in [5.41, 5.74) is 1.49. The van der Waals surface area contributed by atoms with Crippen molar-refractivity contribution in [1.82, 2.24) is 10.6 Å². The third kappa shape index (κ3) is 7.64. The monoisotopic (exact) mass is 526 g/mol. The van der Waals surface area contributed by atoms with E-state index in [-0.39, 0.29) is 13.0 Å². The first-order chi connectivity index (χ1) is 14.3. The first kappa shape index (κ1) is 23.6. The normalized spacial score (nSPS) is 13.6. The largest absolute Gasteiger partial charge is 0.480 e. The van der Waals surface area contributed by atoms with Crippen LogP contribution >= 0.6 is 22.6 Å². The van der Waals surface area contributed by atoms with Gasteiger partial charge in [0, 0.05) is 9.99 Å². The highest BCUT2D eigenvalue weighted by molar-refractivity contribution is 14.1. The smallest absolute Gasteiger partial charge is 0.408 e. The maximum absolute atomic E-state index is 12.6. The van der Waals surface area contributed by atoms with Crippen LogP contribution in [0.4, 0.5) is 4.79 Å². The number of carboxylic acids is 1. The van der Waals surface area contributed by atoms with Crippen LogP contribution in [0.5, 0.6) is 0 Å². The first-order valence-corrected chi connectivity index (χ1v) is 10.3. The molecule has 30 heavy (non-hydrogen) atoms. The summed E-state index contributed by atoms with van der Waals surface area (Å²) in [6.45, 7) is 1.31. The lowest BCUT2D eigenvalue weighted by Gasteiger charge is -2.23. The fourth-order valence-corrected chi connectivity index (χ4v) is 3.27. The Kier molecular flexibility index (Phi) is 9.06. The highest BCUT2D eigenvalue weighted by atomic mass is 127. The molecule has 0 unspecified atom stereocenters. The standard InChI is InChI=1S/C21H23IN2O6/c1-13(25)18(24-21(29)30-12-14-6-3-2-4-7-14)19(26)23-17(20(27)28)11-15-8-5-9-16(22)10-15/h2-10,13,17-18,25H,11-12H2,1H3,(H,23,26)(H,24,29)(H,27,28)/t13-,17+,18+/m1/s1. The van der Waals surface area contributed by atoms with Crippen molar-refractivity contribution < 1.29 is 29.3 Å². The van der Waals surface area contributed by atoms with Gasteiger partial charge in [0.25, 0.3) is 0 Å². The number of carbonyl (C=O) groups is 3. The van der Waals surface area contributed by atoms with E-state index >= 15 is 0 Å². The van der Waals surface area contributed by atoms with Crippen LogP contribution in [0.15, 0.2) is 54.6 Å². The fourth-order valence-electron chi connectivity index (χ4n) is 2.66. The molecule has 0 fully saturated rings. The number of aliphatic carboxylic acids is 1. The molecule has 2 aromatic carbocycles. The minimum atomic E-state index is -1.37. The fraction of sp³-hybridized carbons (Fsp3) is 0.286. The number of alkyl carbamates (subject to hydrolysis) is 1. The van der Waals surface area contributed by atoms with Gasteiger partial charge in [0.1, 0.15) is 18.7 Å². The Morgan fingerprint density at radius 1 is 1.03 bits per heavy atom. The molecule has 0 saturated heterocycles. The topological polar surface area (TPSA) is 125 Å². The SMILES string of the molecule is C[C@@H](O)[C@H](NC(=O)OCc1ccccc1)C(=O)N[C@@H](Cc1cccc(I)c1)C(=O)O. The van der Waals surface area contributed by atoms with Crippen molar-refractivity contribution in [2.24, 2.45) is 0 Å². The lowest BCUT2D eigenvalue weighted by Crippen LogP contribution is -2.56. The van der Waals surface area contributed by atoms with E-state index in [4.69, 9.17) is 4.74 Å². The predicted molar refractivity (Wildman–Crippen MR) is 118 cm³/mol. The third-order valence-electron chi connectivity index (χ3n) is 4.19. The Morgan fingerprint density at radius 2 is 1.70 bits per heavy atom. The number of hydrogen-bond acceptors (Lipinski definition) is 5. The van der Waals surface area contributed by atoms with Crippen molar-refractivity contribution in [3.05, 3.63) is 69.3 Å². The Morgan fingerprint density at radius 3 is 2.30 bits per heavy atom. The van der Waals surface area contributed by atoms with Gasteiger partial charge in [-0.1, -0.05) is 42.5 Å². The molecule has 2 rings (SSSR count). The van der Waals surface area contributed by atoms with E-state index in [2.05, 4.69) is 33.2 Å². The van der Waals surface area contributed by atoms with Gasteiger partial charge in [-0.25, -0.2) is 9.59 Å². The van der Waals surface area contributed by atoms with Gasteiger partial charge >= 0.3 is 12.1 Å². The van der Waals surface area contributed by atoms with Crippen LogP contribution in [0.3, 0.4) is 0 Å². The van der Waals surface area contributed by atoms with E-state index in [1.807, 2.05) is 18.2 Å². The molecule has 0 heterocycles. The summed E-state index contributed by atoms with van der Waals surface area (Å²) in [6.07, 6.45) is -2.10. The lowest BCUT2D eigenvalue weighted by molar-refractivity contribution is -0.142. The second-order valence-electron chi connectivity index (χ2n) is 6.66. The second kappa shape index (κ2) is 11.5. The number of nitrogens with one attached hydrogen (secondary N) is 2. The summed E-state index contributed by atoms with van der Waals surface area (Å²) < 4.78 is 6.00. The molecule has 8 nitrogen and oxygen atoms in total. The summed E-state index contributed by atoms with van der Waals surface area (Å²) in [6, 6.07) is 13.6. The van der Waals surface area contributed by atoms with E-state index in [1.165, 1.54) is 6.92 Å². The molecular weight excluding hydrogens is 503 g/mol. The molecule has 2 aromatic rings. The first-order valence-electron chi connectivity index (χ1n) is 9.19. The number of benzene rings is 2. The van der Waals surface area contributed by atoms with Gasteiger partial charge in [-0.2, -0.15) is 0 Å². The molecule has 160 valence electrons. The second-order valence-corrected chi connectivity index (χ2v) is 7.90. The molecule has 0 saturated carbocycles. The number of aliphatic hydroxyl groups is 1. The van der Waals surface area contributed by atoms with Crippen molar-refractivity contribution in [2.75, 3.05) is 0 Å². The number of halogens is 1. The number of ether oxygens (including phenoxy) is 1. The summed E-state index contributed by atoms with van der Waals surface area (Å²) in [4.78, 5) is 36.2. The summed E-state index contributed by atoms with van der Waals surface area (Å²) >= 11 is 2.11. The molecule has 0 radical (unpaired) electrons. The van der Waals surface area contributed by atoms with Crippen LogP contribution in [-0.4, -0.2) is 46.4 Å². The number of carboxylic acid groups (broad SMARTS) is 1. The molecule has 4 N–H and O–H groups in total. The number of aliphatic hydroxyl groups excluding tert-OH is 1. The highest BCUT2D eigenvalue weighted by Gasteiger charge is 2.30. The van der Waals surface area contributed by atoms with E-state index in [9.17, 15) is 24.6 Å². The van der Waals surface area contributed by atoms with E-state index in [0.29, 0.717) is 0 Å². The highest BCUT2D eigenvalue weighted by Crippen LogP contribution is 2.10. The maximum Gasteiger partial charge on any atom is 0.408 e. The average Bonchev–Trinajstić information content (AvgIpc) is 2.70. The van der Waals surface area contributed by atoms with Gasteiger partial charge in [-0.15, -0.1) is 0 Å². The molecule has 9 heteroatoms. The van der Waals surface area contributed by atoms with Crippen LogP contribution in [0.1, 0.15) is 18.1 Å². The van der Waals surface area contributed by atoms with Gasteiger partial charge in [-0.05, 0) is 52.8 Å². The van der Waals surface area contributed by atoms with Crippen LogP contribution < -0.4 is 10.6 Å². The van der Waals surface area contributed by atoms with Gasteiger partial charge in [0.05, 0.1) is 6.10 Å². The van der Waals surface area contributed by atoms with Crippen molar-refractivity contribution in [2.45, 2.75) is 38.1 Å². The van der Waals surface area contributed by atoms with E-state index in [0.717, 1.165) is 14.7 Å². The molecule has 2 amide bonds. The van der Waals surface area contributed by atoms with Crippen LogP contribution in [0, 0.1) is 3.57 Å². The van der Waals surface area contributed by atoms with Gasteiger partial charge in [0.2, 0.25) is 5.91 Å². The van der Waals surface area contributed by atoms with Crippen molar-refractivity contribution in [3.63, 3.8) is 0 Å². The summed E-state index contributed by atoms with van der Waals surface area (Å²) in [5.74, 6) is -2.04. The zero-order valence-corrected chi connectivity index (χ0v) is 18.4. The molecule has 0 aliphatic carbocycles. The molecular formula is C21H23IN2O6. The van der Waals surface area contributed by atoms with E-state index in [1.54, 1.807) is 36.4 Å². The zero-order valence-electron chi connectivity index (χ0n) is 16.2. The Balaban J connectivity index is 1.98. The van der Waals surface area contributed by atoms with Crippen molar-refractivity contribution in [3.8, 4) is 0 Å². The molecule has 0 aromatic heterocycles. The van der Waals surface area contributed by atoms with Crippen LogP contribution in [0.2, 0.25) is 0 Å². The minimum Gasteiger partial charge on any atom is -0.480 e. The maximum atomic E-state index is 12.6. The Labute approximate surface area is 187 Å². The number of amides is 2. The van der Waals surface area contributed by atoms with E-state index < -0.39 is 36.2 Å². The quantitative estimate of drug-likeness (QED) is 0.371. The number of rotatable bonds is 9. The molecule has 0 aliphatic rings. The minimum absolute atomic E-state index is 0.00871. The van der Waals surface area contributed by atoms with Crippen molar-refractivity contribution in [1.29, 1.82) is 0 Å². The lowest BCUT2D eigenvalue weighted by atomic mass is 10.0. The number of carbonyl (C=O) groups excluding carboxylic acids is 2. The summed E-state index contributed by atoms with van der Waals surface area (Å²) in [7, 11) is 0. The Hall–Kier alpha value is -2.66. The van der Waals surface area contributed by atoms with Crippen LogP contribution in [-0.2, 0) is 27.4 Å². The number of hydrogen-bond donors (Lipinski definition) is 4. The van der Waals surface area contributed by atoms with Gasteiger partial charge in [-0.3, -0.25) is 4.79 Å².